The molecule has 0 bridgehead atoms. The molecule has 0 unspecified atom stereocenters. The van der Waals surface area contributed by atoms with E-state index in [2.05, 4.69) is 15.7 Å². The first-order chi connectivity index (χ1) is 10.2. The number of nitrogens with two attached hydrogens (primary N) is 1. The van der Waals surface area contributed by atoms with Crippen molar-refractivity contribution in [2.45, 2.75) is 46.3 Å². The van der Waals surface area contributed by atoms with E-state index in [-0.39, 0.29) is 11.6 Å². The molecule has 0 saturated heterocycles. The van der Waals surface area contributed by atoms with Crippen molar-refractivity contribution < 1.29 is 14.3 Å². The third-order valence-electron chi connectivity index (χ3n) is 2.64. The van der Waals surface area contributed by atoms with Gasteiger partial charge in [0.25, 0.3) is 5.91 Å². The summed E-state index contributed by atoms with van der Waals surface area (Å²) in [6.07, 6.45) is 1.74. The predicted molar refractivity (Wildman–Crippen MR) is 83.5 cm³/mol. The molecule has 0 saturated carbocycles. The van der Waals surface area contributed by atoms with Crippen molar-refractivity contribution in [1.82, 2.24) is 20.4 Å². The highest BCUT2D eigenvalue weighted by molar-refractivity contribution is 5.96. The van der Waals surface area contributed by atoms with Crippen LogP contribution in [0.15, 0.2) is 6.20 Å². The Balaban J connectivity index is 2.25. The molecule has 0 aliphatic rings. The minimum atomic E-state index is -0.520. The monoisotopic (exact) mass is 311 g/mol. The van der Waals surface area contributed by atoms with E-state index in [0.29, 0.717) is 31.7 Å². The summed E-state index contributed by atoms with van der Waals surface area (Å²) >= 11 is 0. The minimum absolute atomic E-state index is 0.224. The number of nitrogens with zero attached hydrogens (tertiary/aromatic N) is 2. The molecule has 1 rings (SSSR count). The molecule has 0 radical (unpaired) electrons. The van der Waals surface area contributed by atoms with Gasteiger partial charge in [-0.1, -0.05) is 0 Å². The van der Waals surface area contributed by atoms with Crippen LogP contribution in [0, 0.1) is 0 Å². The van der Waals surface area contributed by atoms with Crippen molar-refractivity contribution in [2.75, 3.05) is 18.8 Å². The molecular weight excluding hydrogens is 286 g/mol. The van der Waals surface area contributed by atoms with Crippen LogP contribution in [0.5, 0.6) is 0 Å². The van der Waals surface area contributed by atoms with Crippen molar-refractivity contribution in [1.29, 1.82) is 0 Å². The average molecular weight is 311 g/mol. The summed E-state index contributed by atoms with van der Waals surface area (Å²) in [6, 6.07) is 0. The molecule has 8 nitrogen and oxygen atoms in total. The lowest BCUT2D eigenvalue weighted by Crippen LogP contribution is -2.34. The Morgan fingerprint density at radius 3 is 2.50 bits per heavy atom. The summed E-state index contributed by atoms with van der Waals surface area (Å²) in [7, 11) is 0. The number of amides is 2. The summed E-state index contributed by atoms with van der Waals surface area (Å²) in [5.41, 5.74) is 5.79. The van der Waals surface area contributed by atoms with Crippen LogP contribution in [-0.4, -0.2) is 40.5 Å². The van der Waals surface area contributed by atoms with Crippen LogP contribution in [0.4, 0.5) is 10.5 Å². The van der Waals surface area contributed by atoms with Gasteiger partial charge in [-0.25, -0.2) is 4.79 Å². The van der Waals surface area contributed by atoms with Crippen LogP contribution < -0.4 is 16.4 Å². The zero-order valence-electron chi connectivity index (χ0n) is 13.6. The van der Waals surface area contributed by atoms with Gasteiger partial charge in [-0.3, -0.25) is 9.48 Å². The normalized spacial score (nSPS) is 11.1. The Bertz CT molecular complexity index is 519. The van der Waals surface area contributed by atoms with E-state index >= 15 is 0 Å². The van der Waals surface area contributed by atoms with Crippen molar-refractivity contribution in [2.24, 2.45) is 0 Å². The quantitative estimate of drug-likeness (QED) is 0.682. The van der Waals surface area contributed by atoms with E-state index in [9.17, 15) is 9.59 Å². The summed E-state index contributed by atoms with van der Waals surface area (Å²) in [5.74, 6) is -0.318. The Hall–Kier alpha value is -2.25. The predicted octanol–water partition coefficient (Wildman–Crippen LogP) is 1.13. The van der Waals surface area contributed by atoms with Crippen molar-refractivity contribution in [3.05, 3.63) is 11.9 Å². The number of nitrogen functional groups attached to an aromatic ring is 1. The Morgan fingerprint density at radius 2 is 1.95 bits per heavy atom. The number of aryl methyl sites for hydroxylation is 1. The fraction of sp³-hybridized carbons (Fsp3) is 0.643. The molecule has 22 heavy (non-hydrogen) atoms. The number of hydrogen-bond acceptors (Lipinski definition) is 5. The molecule has 0 atom stereocenters. The van der Waals surface area contributed by atoms with E-state index in [1.807, 2.05) is 6.92 Å². The maximum Gasteiger partial charge on any atom is 0.407 e. The van der Waals surface area contributed by atoms with Crippen LogP contribution in [0.2, 0.25) is 0 Å². The van der Waals surface area contributed by atoms with E-state index in [1.165, 1.54) is 0 Å². The fourth-order valence-electron chi connectivity index (χ4n) is 1.65. The number of anilines is 1. The second kappa shape index (κ2) is 7.67. The molecule has 0 fully saturated rings. The summed E-state index contributed by atoms with van der Waals surface area (Å²) in [6.45, 7) is 8.78. The van der Waals surface area contributed by atoms with Gasteiger partial charge in [0, 0.05) is 25.8 Å². The molecular formula is C14H25N5O3. The number of hydrogen-bond donors (Lipinski definition) is 3. The minimum Gasteiger partial charge on any atom is -0.444 e. The highest BCUT2D eigenvalue weighted by atomic mass is 16.6. The number of carbonyl (C=O) groups is 2. The molecule has 4 N–H and O–H groups in total. The van der Waals surface area contributed by atoms with Crippen LogP contribution in [0.1, 0.15) is 44.6 Å². The zero-order valence-corrected chi connectivity index (χ0v) is 13.6. The highest BCUT2D eigenvalue weighted by Gasteiger charge is 2.16. The number of carbonyl (C=O) groups excluding carboxylic acids is 2. The largest absolute Gasteiger partial charge is 0.444 e. The molecule has 8 heteroatoms. The smallest absolute Gasteiger partial charge is 0.407 e. The van der Waals surface area contributed by atoms with Crippen LogP contribution in [-0.2, 0) is 11.3 Å². The summed E-state index contributed by atoms with van der Waals surface area (Å²) < 4.78 is 6.70. The third-order valence-corrected chi connectivity index (χ3v) is 2.64. The molecule has 0 aliphatic carbocycles. The van der Waals surface area contributed by atoms with E-state index in [4.69, 9.17) is 10.5 Å². The van der Waals surface area contributed by atoms with E-state index in [1.54, 1.807) is 31.6 Å². The topological polar surface area (TPSA) is 111 Å². The number of nitrogens with one attached hydrogen (secondary N) is 2. The van der Waals surface area contributed by atoms with Crippen molar-refractivity contribution in [3.8, 4) is 0 Å². The SMILES string of the molecule is CCn1cc(N)c(C(=O)NCCCNC(=O)OC(C)(C)C)n1. The summed E-state index contributed by atoms with van der Waals surface area (Å²) in [5, 5.41) is 9.42. The summed E-state index contributed by atoms with van der Waals surface area (Å²) in [4.78, 5) is 23.3. The molecule has 124 valence electrons. The third kappa shape index (κ3) is 6.02. The Labute approximate surface area is 130 Å². The van der Waals surface area contributed by atoms with Gasteiger partial charge in [0.15, 0.2) is 5.69 Å². The fourth-order valence-corrected chi connectivity index (χ4v) is 1.65. The molecule has 1 heterocycles. The standard InChI is InChI=1S/C14H25N5O3/c1-5-19-9-10(15)11(18-19)12(20)16-7-6-8-17-13(21)22-14(2,3)4/h9H,5-8,15H2,1-4H3,(H,16,20)(H,17,21). The van der Waals surface area contributed by atoms with Crippen LogP contribution in [0.3, 0.4) is 0 Å². The number of rotatable bonds is 6. The van der Waals surface area contributed by atoms with Crippen molar-refractivity contribution >= 4 is 17.7 Å². The molecule has 0 spiro atoms. The van der Waals surface area contributed by atoms with Gasteiger partial charge in [-0.05, 0) is 34.1 Å². The van der Waals surface area contributed by atoms with E-state index in [0.717, 1.165) is 0 Å². The lowest BCUT2D eigenvalue weighted by molar-refractivity contribution is 0.0527. The number of alkyl carbamates (subject to hydrolysis) is 1. The molecule has 1 aromatic rings. The second-order valence-electron chi connectivity index (χ2n) is 5.83. The van der Waals surface area contributed by atoms with Gasteiger partial charge in [0.2, 0.25) is 0 Å². The zero-order chi connectivity index (χ0) is 16.8. The lowest BCUT2D eigenvalue weighted by atomic mass is 10.2. The van der Waals surface area contributed by atoms with Gasteiger partial charge in [-0.15, -0.1) is 0 Å². The van der Waals surface area contributed by atoms with Crippen molar-refractivity contribution in [3.63, 3.8) is 0 Å². The van der Waals surface area contributed by atoms with Crippen LogP contribution >= 0.6 is 0 Å². The Morgan fingerprint density at radius 1 is 1.32 bits per heavy atom. The van der Waals surface area contributed by atoms with Gasteiger partial charge in [0.05, 0.1) is 5.69 Å². The highest BCUT2D eigenvalue weighted by Crippen LogP contribution is 2.08. The molecule has 0 aromatic carbocycles. The number of aromatic nitrogens is 2. The maximum absolute atomic E-state index is 11.9. The first kappa shape index (κ1) is 17.8. The van der Waals surface area contributed by atoms with Gasteiger partial charge >= 0.3 is 6.09 Å². The number of ether oxygens (including phenoxy) is 1. The van der Waals surface area contributed by atoms with Gasteiger partial charge < -0.3 is 21.1 Å². The lowest BCUT2D eigenvalue weighted by Gasteiger charge is -2.19. The first-order valence-corrected chi connectivity index (χ1v) is 7.31. The van der Waals surface area contributed by atoms with Crippen LogP contribution in [0.25, 0.3) is 0 Å². The van der Waals surface area contributed by atoms with Gasteiger partial charge in [-0.2, -0.15) is 5.10 Å². The van der Waals surface area contributed by atoms with Gasteiger partial charge in [0.1, 0.15) is 5.60 Å². The maximum atomic E-state index is 11.9. The molecule has 0 aliphatic heterocycles. The first-order valence-electron chi connectivity index (χ1n) is 7.31. The van der Waals surface area contributed by atoms with E-state index < -0.39 is 11.7 Å². The molecule has 1 aromatic heterocycles. The molecule has 2 amide bonds. The average Bonchev–Trinajstić information content (AvgIpc) is 2.77. The Kier molecular flexibility index (Phi) is 6.21. The second-order valence-corrected chi connectivity index (χ2v) is 5.83.